The van der Waals surface area contributed by atoms with Crippen LogP contribution in [0.1, 0.15) is 38.2 Å². The third-order valence-electron chi connectivity index (χ3n) is 3.40. The van der Waals surface area contributed by atoms with Crippen molar-refractivity contribution in [2.24, 2.45) is 5.10 Å². The fraction of sp³-hybridized carbons (Fsp3) is 0.412. The molecule has 1 aromatic heterocycles. The molecule has 2 aromatic rings. The Labute approximate surface area is 146 Å². The van der Waals surface area contributed by atoms with E-state index in [0.717, 1.165) is 18.2 Å². The number of hydrazone groups is 1. The Bertz CT molecular complexity index is 745. The summed E-state index contributed by atoms with van der Waals surface area (Å²) in [7, 11) is 1.60. The van der Waals surface area contributed by atoms with E-state index in [2.05, 4.69) is 32.6 Å². The van der Waals surface area contributed by atoms with Crippen LogP contribution >= 0.6 is 0 Å². The molecule has 0 spiro atoms. The summed E-state index contributed by atoms with van der Waals surface area (Å²) >= 11 is 0. The van der Waals surface area contributed by atoms with Crippen LogP contribution in [-0.4, -0.2) is 35.1 Å². The highest BCUT2D eigenvalue weighted by Gasteiger charge is 2.05. The van der Waals surface area contributed by atoms with Crippen LogP contribution in [0.3, 0.4) is 0 Å². The van der Waals surface area contributed by atoms with E-state index in [-0.39, 0.29) is 11.5 Å². The highest BCUT2D eigenvalue weighted by molar-refractivity contribution is 5.81. The lowest BCUT2D eigenvalue weighted by atomic mass is 10.2. The first-order valence-electron chi connectivity index (χ1n) is 8.25. The molecule has 2 rings (SSSR count). The molecule has 1 aromatic carbocycles. The Kier molecular flexibility index (Phi) is 7.42. The maximum atomic E-state index is 11.1. The molecule has 0 atom stereocenters. The van der Waals surface area contributed by atoms with Gasteiger partial charge in [-0.1, -0.05) is 26.2 Å². The molecular weight excluding hydrogens is 322 g/mol. The van der Waals surface area contributed by atoms with Crippen molar-refractivity contribution in [3.63, 3.8) is 0 Å². The third kappa shape index (κ3) is 6.25. The van der Waals surface area contributed by atoms with Crippen LogP contribution in [0.5, 0.6) is 11.5 Å². The Morgan fingerprint density at radius 1 is 1.28 bits per heavy atom. The SMILES string of the molecule is CCCCCCOc1ccc(/C=N/Nc2nncc(=O)[nH]2)cc1OC. The number of rotatable bonds is 10. The van der Waals surface area contributed by atoms with E-state index >= 15 is 0 Å². The largest absolute Gasteiger partial charge is 0.493 e. The Morgan fingerprint density at radius 3 is 2.92 bits per heavy atom. The molecular formula is C17H23N5O3. The van der Waals surface area contributed by atoms with Gasteiger partial charge in [-0.3, -0.25) is 9.78 Å². The molecule has 25 heavy (non-hydrogen) atoms. The van der Waals surface area contributed by atoms with E-state index in [1.165, 1.54) is 19.3 Å². The number of methoxy groups -OCH3 is 1. The van der Waals surface area contributed by atoms with Crippen LogP contribution in [0.15, 0.2) is 34.3 Å². The zero-order valence-corrected chi connectivity index (χ0v) is 14.5. The molecule has 0 radical (unpaired) electrons. The van der Waals surface area contributed by atoms with Gasteiger partial charge in [0.05, 0.1) is 19.9 Å². The molecule has 8 heteroatoms. The molecule has 0 aliphatic rings. The van der Waals surface area contributed by atoms with Gasteiger partial charge in [-0.2, -0.15) is 5.10 Å². The van der Waals surface area contributed by atoms with Crippen LogP contribution in [0.4, 0.5) is 5.95 Å². The van der Waals surface area contributed by atoms with Gasteiger partial charge in [0.1, 0.15) is 6.20 Å². The monoisotopic (exact) mass is 345 g/mol. The van der Waals surface area contributed by atoms with Gasteiger partial charge in [0.25, 0.3) is 5.56 Å². The summed E-state index contributed by atoms with van der Waals surface area (Å²) in [6.07, 6.45) is 7.29. The standard InChI is InChI=1S/C17H23N5O3/c1-3-4-5-6-9-25-14-8-7-13(10-15(14)24-2)11-18-21-17-20-16(23)12-19-22-17/h7-8,10-12H,3-6,9H2,1-2H3,(H2,20,21,22,23)/b18-11+. The van der Waals surface area contributed by atoms with Crippen molar-refractivity contribution < 1.29 is 9.47 Å². The number of hydrogen-bond donors (Lipinski definition) is 2. The first-order chi connectivity index (χ1) is 12.2. The average molecular weight is 345 g/mol. The van der Waals surface area contributed by atoms with Crippen LogP contribution in [-0.2, 0) is 0 Å². The fourth-order valence-electron chi connectivity index (χ4n) is 2.13. The van der Waals surface area contributed by atoms with Gasteiger partial charge < -0.3 is 9.47 Å². The van der Waals surface area contributed by atoms with E-state index < -0.39 is 0 Å². The van der Waals surface area contributed by atoms with Gasteiger partial charge in [-0.25, -0.2) is 5.43 Å². The molecule has 0 unspecified atom stereocenters. The van der Waals surface area contributed by atoms with Crippen LogP contribution < -0.4 is 20.5 Å². The number of hydrogen-bond acceptors (Lipinski definition) is 7. The Balaban J connectivity index is 1.93. The number of nitrogens with one attached hydrogen (secondary N) is 2. The second kappa shape index (κ2) is 10.1. The summed E-state index contributed by atoms with van der Waals surface area (Å²) in [6.45, 7) is 2.85. The predicted molar refractivity (Wildman–Crippen MR) is 96.5 cm³/mol. The van der Waals surface area contributed by atoms with E-state index in [1.54, 1.807) is 13.3 Å². The minimum absolute atomic E-state index is 0.169. The molecule has 0 amide bonds. The van der Waals surface area contributed by atoms with Gasteiger partial charge in [0, 0.05) is 0 Å². The van der Waals surface area contributed by atoms with Crippen LogP contribution in [0, 0.1) is 0 Å². The normalized spacial score (nSPS) is 10.8. The number of anilines is 1. The quantitative estimate of drug-likeness (QED) is 0.390. The van der Waals surface area contributed by atoms with E-state index in [0.29, 0.717) is 18.1 Å². The second-order valence-corrected chi connectivity index (χ2v) is 5.37. The zero-order chi connectivity index (χ0) is 17.9. The summed E-state index contributed by atoms with van der Waals surface area (Å²) in [5.74, 6) is 1.53. The topological polar surface area (TPSA) is 101 Å². The summed E-state index contributed by atoms with van der Waals surface area (Å²) < 4.78 is 11.1. The highest BCUT2D eigenvalue weighted by Crippen LogP contribution is 2.27. The lowest BCUT2D eigenvalue weighted by molar-refractivity contribution is 0.285. The lowest BCUT2D eigenvalue weighted by Gasteiger charge is -2.11. The van der Waals surface area contributed by atoms with Crippen molar-refractivity contribution in [1.82, 2.24) is 15.2 Å². The smallest absolute Gasteiger partial charge is 0.271 e. The summed E-state index contributed by atoms with van der Waals surface area (Å²) in [4.78, 5) is 13.6. The maximum absolute atomic E-state index is 11.1. The molecule has 0 fully saturated rings. The van der Waals surface area contributed by atoms with E-state index in [1.807, 2.05) is 18.2 Å². The molecule has 134 valence electrons. The maximum Gasteiger partial charge on any atom is 0.271 e. The molecule has 0 aliphatic carbocycles. The first kappa shape index (κ1) is 18.4. The molecule has 0 saturated heterocycles. The fourth-order valence-corrected chi connectivity index (χ4v) is 2.13. The molecule has 0 bridgehead atoms. The van der Waals surface area contributed by atoms with Gasteiger partial charge in [0.2, 0.25) is 5.95 Å². The second-order valence-electron chi connectivity index (χ2n) is 5.37. The number of aromatic nitrogens is 3. The van der Waals surface area contributed by atoms with Crippen molar-refractivity contribution in [3.8, 4) is 11.5 Å². The summed E-state index contributed by atoms with van der Waals surface area (Å²) in [5.41, 5.74) is 3.07. The van der Waals surface area contributed by atoms with Crippen molar-refractivity contribution >= 4 is 12.2 Å². The van der Waals surface area contributed by atoms with Gasteiger partial charge in [0.15, 0.2) is 11.5 Å². The number of nitrogens with zero attached hydrogens (tertiary/aromatic N) is 3. The molecule has 2 N–H and O–H groups in total. The number of aromatic amines is 1. The highest BCUT2D eigenvalue weighted by atomic mass is 16.5. The number of benzene rings is 1. The minimum Gasteiger partial charge on any atom is -0.493 e. The van der Waals surface area contributed by atoms with E-state index in [4.69, 9.17) is 9.47 Å². The molecule has 0 saturated carbocycles. The van der Waals surface area contributed by atoms with Crippen LogP contribution in [0.2, 0.25) is 0 Å². The number of unbranched alkanes of at least 4 members (excludes halogenated alkanes) is 3. The lowest BCUT2D eigenvalue weighted by Crippen LogP contribution is -2.10. The van der Waals surface area contributed by atoms with Gasteiger partial charge >= 0.3 is 0 Å². The Hall–Kier alpha value is -2.90. The third-order valence-corrected chi connectivity index (χ3v) is 3.40. The average Bonchev–Trinajstić information content (AvgIpc) is 2.62. The van der Waals surface area contributed by atoms with Crippen molar-refractivity contribution in [2.45, 2.75) is 32.6 Å². The van der Waals surface area contributed by atoms with Crippen LogP contribution in [0.25, 0.3) is 0 Å². The van der Waals surface area contributed by atoms with Gasteiger partial charge in [-0.05, 0) is 30.2 Å². The molecule has 1 heterocycles. The zero-order valence-electron chi connectivity index (χ0n) is 14.5. The molecule has 0 aliphatic heterocycles. The first-order valence-corrected chi connectivity index (χ1v) is 8.25. The summed E-state index contributed by atoms with van der Waals surface area (Å²) in [6, 6.07) is 5.55. The van der Waals surface area contributed by atoms with Crippen molar-refractivity contribution in [3.05, 3.63) is 40.3 Å². The van der Waals surface area contributed by atoms with Gasteiger partial charge in [-0.15, -0.1) is 10.2 Å². The van der Waals surface area contributed by atoms with E-state index in [9.17, 15) is 4.79 Å². The predicted octanol–water partition coefficient (Wildman–Crippen LogP) is 2.58. The Morgan fingerprint density at radius 2 is 2.16 bits per heavy atom. The minimum atomic E-state index is -0.352. The van der Waals surface area contributed by atoms with Crippen molar-refractivity contribution in [1.29, 1.82) is 0 Å². The number of ether oxygens (including phenoxy) is 2. The van der Waals surface area contributed by atoms with Crippen molar-refractivity contribution in [2.75, 3.05) is 19.1 Å². The number of H-pyrrole nitrogens is 1. The molecule has 8 nitrogen and oxygen atoms in total. The summed E-state index contributed by atoms with van der Waals surface area (Å²) in [5, 5.41) is 11.2.